The fraction of sp³-hybridized carbons (Fsp3) is 0.571. The van der Waals surface area contributed by atoms with Crippen molar-refractivity contribution in [2.45, 2.75) is 36.4 Å². The average molecular weight is 299 g/mol. The second-order valence-electron chi connectivity index (χ2n) is 4.57. The fourth-order valence-electron chi connectivity index (χ4n) is 2.57. The first kappa shape index (κ1) is 12.7. The molecule has 1 aliphatic carbocycles. The van der Waals surface area contributed by atoms with E-state index in [4.69, 9.17) is 9.47 Å². The Morgan fingerprint density at radius 3 is 2.65 bits per heavy atom. The lowest BCUT2D eigenvalue weighted by Gasteiger charge is -2.27. The summed E-state index contributed by atoms with van der Waals surface area (Å²) < 4.78 is 10.8. The van der Waals surface area contributed by atoms with Crippen molar-refractivity contribution in [3.63, 3.8) is 0 Å². The number of methoxy groups -OCH3 is 2. The molecule has 0 saturated heterocycles. The Morgan fingerprint density at radius 2 is 2.00 bits per heavy atom. The van der Waals surface area contributed by atoms with E-state index >= 15 is 0 Å². The molecule has 0 spiro atoms. The van der Waals surface area contributed by atoms with Crippen molar-refractivity contribution in [2.75, 3.05) is 14.2 Å². The first-order chi connectivity index (χ1) is 8.24. The van der Waals surface area contributed by atoms with E-state index in [0.29, 0.717) is 10.7 Å². The number of halogens is 1. The van der Waals surface area contributed by atoms with E-state index in [1.54, 1.807) is 14.2 Å². The predicted molar refractivity (Wildman–Crippen MR) is 73.5 cm³/mol. The minimum atomic E-state index is 0.582. The fourth-order valence-corrected chi connectivity index (χ4v) is 3.35. The third kappa shape index (κ3) is 2.95. The van der Waals surface area contributed by atoms with Crippen LogP contribution in [-0.4, -0.2) is 19.0 Å². The van der Waals surface area contributed by atoms with Gasteiger partial charge in [0.05, 0.1) is 14.2 Å². The van der Waals surface area contributed by atoms with Gasteiger partial charge in [0, 0.05) is 10.4 Å². The van der Waals surface area contributed by atoms with Gasteiger partial charge in [0.15, 0.2) is 0 Å². The number of ether oxygens (including phenoxy) is 2. The van der Waals surface area contributed by atoms with E-state index in [9.17, 15) is 0 Å². The maximum atomic E-state index is 5.46. The lowest BCUT2D eigenvalue weighted by Crippen LogP contribution is -2.14. The van der Waals surface area contributed by atoms with Crippen molar-refractivity contribution in [1.29, 1.82) is 0 Å². The molecule has 0 heterocycles. The van der Waals surface area contributed by atoms with Crippen molar-refractivity contribution >= 4 is 15.9 Å². The molecule has 1 aromatic rings. The maximum absolute atomic E-state index is 5.46. The molecule has 2 unspecified atom stereocenters. The molecule has 1 fully saturated rings. The molecular weight excluding hydrogens is 280 g/mol. The lowest BCUT2D eigenvalue weighted by molar-refractivity contribution is 0.382. The Hall–Kier alpha value is -0.700. The maximum Gasteiger partial charge on any atom is 0.122 e. The third-order valence-electron chi connectivity index (χ3n) is 3.49. The van der Waals surface area contributed by atoms with E-state index in [1.165, 1.54) is 31.2 Å². The van der Waals surface area contributed by atoms with E-state index in [1.807, 2.05) is 12.1 Å². The monoisotopic (exact) mass is 298 g/mol. The number of hydrogen-bond acceptors (Lipinski definition) is 2. The summed E-state index contributed by atoms with van der Waals surface area (Å²) in [7, 11) is 3.44. The van der Waals surface area contributed by atoms with Gasteiger partial charge in [0.2, 0.25) is 0 Å². The molecule has 2 nitrogen and oxygen atoms in total. The van der Waals surface area contributed by atoms with Crippen LogP contribution in [0.25, 0.3) is 0 Å². The van der Waals surface area contributed by atoms with Gasteiger partial charge in [0.25, 0.3) is 0 Å². The second kappa shape index (κ2) is 5.76. The Balaban J connectivity index is 2.27. The van der Waals surface area contributed by atoms with Gasteiger partial charge in [-0.2, -0.15) is 0 Å². The van der Waals surface area contributed by atoms with Crippen LogP contribution in [0.3, 0.4) is 0 Å². The van der Waals surface area contributed by atoms with Crippen LogP contribution in [0.4, 0.5) is 0 Å². The number of rotatable bonds is 3. The highest BCUT2D eigenvalue weighted by molar-refractivity contribution is 9.09. The van der Waals surface area contributed by atoms with Crippen LogP contribution in [0.2, 0.25) is 0 Å². The molecule has 0 aliphatic heterocycles. The van der Waals surface area contributed by atoms with Crippen LogP contribution in [0, 0.1) is 0 Å². The minimum Gasteiger partial charge on any atom is -0.497 e. The van der Waals surface area contributed by atoms with Crippen LogP contribution in [0.15, 0.2) is 18.2 Å². The average Bonchev–Trinajstić information content (AvgIpc) is 2.38. The van der Waals surface area contributed by atoms with Crippen molar-refractivity contribution in [2.24, 2.45) is 0 Å². The zero-order valence-corrected chi connectivity index (χ0v) is 12.0. The number of alkyl halides is 1. The van der Waals surface area contributed by atoms with Crippen molar-refractivity contribution in [3.8, 4) is 11.5 Å². The number of hydrogen-bond donors (Lipinski definition) is 0. The van der Waals surface area contributed by atoms with Crippen LogP contribution in [0.5, 0.6) is 11.5 Å². The normalized spacial score (nSPS) is 24.4. The quantitative estimate of drug-likeness (QED) is 0.781. The minimum absolute atomic E-state index is 0.582. The SMILES string of the molecule is COc1ccc(OC)c(C2CCCC(Br)C2)c1. The van der Waals surface area contributed by atoms with E-state index < -0.39 is 0 Å². The zero-order valence-electron chi connectivity index (χ0n) is 10.4. The first-order valence-corrected chi connectivity index (χ1v) is 7.02. The van der Waals surface area contributed by atoms with Crippen molar-refractivity contribution in [3.05, 3.63) is 23.8 Å². The molecule has 0 aromatic heterocycles. The lowest BCUT2D eigenvalue weighted by atomic mass is 9.83. The summed E-state index contributed by atoms with van der Waals surface area (Å²) in [6, 6.07) is 6.08. The van der Waals surface area contributed by atoms with E-state index in [2.05, 4.69) is 22.0 Å². The molecule has 1 saturated carbocycles. The molecule has 1 aromatic carbocycles. The number of benzene rings is 1. The van der Waals surface area contributed by atoms with Crippen LogP contribution in [-0.2, 0) is 0 Å². The molecule has 0 bridgehead atoms. The summed E-state index contributed by atoms with van der Waals surface area (Å²) in [5.74, 6) is 2.48. The smallest absolute Gasteiger partial charge is 0.122 e. The summed E-state index contributed by atoms with van der Waals surface area (Å²) in [5.41, 5.74) is 1.29. The van der Waals surface area contributed by atoms with Crippen LogP contribution >= 0.6 is 15.9 Å². The Labute approximate surface area is 111 Å². The Morgan fingerprint density at radius 1 is 1.18 bits per heavy atom. The van der Waals surface area contributed by atoms with Gasteiger partial charge >= 0.3 is 0 Å². The highest BCUT2D eigenvalue weighted by atomic mass is 79.9. The van der Waals surface area contributed by atoms with Gasteiger partial charge in [0.1, 0.15) is 11.5 Å². The molecule has 2 atom stereocenters. The molecule has 2 rings (SSSR count). The summed E-state index contributed by atoms with van der Waals surface area (Å²) in [5, 5.41) is 0. The van der Waals surface area contributed by atoms with Crippen LogP contribution in [0.1, 0.15) is 37.2 Å². The van der Waals surface area contributed by atoms with E-state index in [-0.39, 0.29) is 0 Å². The van der Waals surface area contributed by atoms with Gasteiger partial charge < -0.3 is 9.47 Å². The standard InChI is InChI=1S/C14H19BrO2/c1-16-12-6-7-14(17-2)13(9-12)10-4-3-5-11(15)8-10/h6-7,9-11H,3-5,8H2,1-2H3. The molecule has 17 heavy (non-hydrogen) atoms. The summed E-state index contributed by atoms with van der Waals surface area (Å²) in [6.45, 7) is 0. The van der Waals surface area contributed by atoms with Gasteiger partial charge in [-0.1, -0.05) is 22.4 Å². The second-order valence-corrected chi connectivity index (χ2v) is 5.86. The van der Waals surface area contributed by atoms with Crippen molar-refractivity contribution < 1.29 is 9.47 Å². The van der Waals surface area contributed by atoms with Crippen molar-refractivity contribution in [1.82, 2.24) is 0 Å². The Bertz CT molecular complexity index is 378. The topological polar surface area (TPSA) is 18.5 Å². The first-order valence-electron chi connectivity index (χ1n) is 6.10. The summed E-state index contributed by atoms with van der Waals surface area (Å²) >= 11 is 3.74. The van der Waals surface area contributed by atoms with Gasteiger partial charge in [-0.05, 0) is 43.4 Å². The zero-order chi connectivity index (χ0) is 12.3. The molecule has 3 heteroatoms. The van der Waals surface area contributed by atoms with Gasteiger partial charge in [-0.25, -0.2) is 0 Å². The largest absolute Gasteiger partial charge is 0.497 e. The van der Waals surface area contributed by atoms with Crippen LogP contribution < -0.4 is 9.47 Å². The molecule has 0 radical (unpaired) electrons. The highest BCUT2D eigenvalue weighted by Crippen LogP contribution is 2.40. The molecule has 0 N–H and O–H groups in total. The molecule has 1 aliphatic rings. The highest BCUT2D eigenvalue weighted by Gasteiger charge is 2.24. The molecule has 0 amide bonds. The summed E-state index contributed by atoms with van der Waals surface area (Å²) in [6.07, 6.45) is 4.99. The Kier molecular flexibility index (Phi) is 4.32. The molecule has 94 valence electrons. The van der Waals surface area contributed by atoms with Gasteiger partial charge in [-0.3, -0.25) is 0 Å². The predicted octanol–water partition coefficient (Wildman–Crippen LogP) is 4.12. The summed E-state index contributed by atoms with van der Waals surface area (Å²) in [4.78, 5) is 0.636. The third-order valence-corrected chi connectivity index (χ3v) is 4.32. The van der Waals surface area contributed by atoms with E-state index in [0.717, 1.165) is 11.5 Å². The van der Waals surface area contributed by atoms with Gasteiger partial charge in [-0.15, -0.1) is 0 Å². The molecular formula is C14H19BrO2.